The molecule has 8 heteroatoms. The molecule has 0 unspecified atom stereocenters. The number of nitrogens with zero attached hydrogens (tertiary/aromatic N) is 3. The highest BCUT2D eigenvalue weighted by molar-refractivity contribution is 5.93. The Morgan fingerprint density at radius 1 is 1.27 bits per heavy atom. The van der Waals surface area contributed by atoms with Crippen molar-refractivity contribution in [3.63, 3.8) is 0 Å². The number of amides is 1. The highest BCUT2D eigenvalue weighted by Gasteiger charge is 2.40. The number of hydrogen-bond acceptors (Lipinski definition) is 3. The van der Waals surface area contributed by atoms with Gasteiger partial charge in [0.2, 0.25) is 5.91 Å². The summed E-state index contributed by atoms with van der Waals surface area (Å²) in [5.74, 6) is 1.40. The molecule has 0 spiro atoms. The maximum Gasteiger partial charge on any atom is 0.416 e. The molecule has 1 aromatic carbocycles. The second-order valence-corrected chi connectivity index (χ2v) is 7.26. The molecule has 1 amide bonds. The van der Waals surface area contributed by atoms with E-state index < -0.39 is 11.7 Å². The quantitative estimate of drug-likeness (QED) is 0.890. The molecule has 5 nitrogen and oxygen atoms in total. The summed E-state index contributed by atoms with van der Waals surface area (Å²) in [6.07, 6.45) is 3.19. The molecule has 26 heavy (non-hydrogen) atoms. The first-order valence-electron chi connectivity index (χ1n) is 8.76. The first-order chi connectivity index (χ1) is 12.4. The minimum absolute atomic E-state index is 0.0958. The first kappa shape index (κ1) is 17.1. The number of nitrogens with one attached hydrogen (secondary N) is 1. The van der Waals surface area contributed by atoms with Crippen molar-refractivity contribution >= 4 is 11.6 Å². The average molecular weight is 364 g/mol. The highest BCUT2D eigenvalue weighted by Crippen LogP contribution is 2.49. The molecule has 0 aliphatic heterocycles. The minimum Gasteiger partial charge on any atom is -0.324 e. The second kappa shape index (κ2) is 6.41. The Balaban J connectivity index is 1.56. The molecule has 2 aliphatic rings. The number of fused-ring (bicyclic) bond motifs is 2. The van der Waals surface area contributed by atoms with Gasteiger partial charge in [0.25, 0.3) is 0 Å². The largest absolute Gasteiger partial charge is 0.416 e. The van der Waals surface area contributed by atoms with Crippen molar-refractivity contribution in [2.45, 2.75) is 38.3 Å². The van der Waals surface area contributed by atoms with Crippen molar-refractivity contribution in [1.82, 2.24) is 14.8 Å². The Bertz CT molecular complexity index is 803. The van der Waals surface area contributed by atoms with E-state index in [4.69, 9.17) is 0 Å². The van der Waals surface area contributed by atoms with E-state index in [0.717, 1.165) is 30.9 Å². The molecule has 2 saturated carbocycles. The SMILES string of the molecule is O=C(C[C@H]1C[C@H]2CC[C@H]1C2)Nc1cc(C(F)(F)F)ccc1-n1cncn1. The van der Waals surface area contributed by atoms with Gasteiger partial charge in [-0.25, -0.2) is 9.67 Å². The molecule has 2 aliphatic carbocycles. The molecule has 0 radical (unpaired) electrons. The molecule has 2 fully saturated rings. The van der Waals surface area contributed by atoms with Crippen molar-refractivity contribution in [2.24, 2.45) is 17.8 Å². The minimum atomic E-state index is -4.48. The van der Waals surface area contributed by atoms with Gasteiger partial charge in [-0.3, -0.25) is 4.79 Å². The third-order valence-corrected chi connectivity index (χ3v) is 5.60. The van der Waals surface area contributed by atoms with Crippen molar-refractivity contribution in [3.8, 4) is 5.69 Å². The molecular formula is C18H19F3N4O. The zero-order valence-corrected chi connectivity index (χ0v) is 14.0. The summed E-state index contributed by atoms with van der Waals surface area (Å²) in [5, 5.41) is 6.62. The molecule has 2 aromatic rings. The summed E-state index contributed by atoms with van der Waals surface area (Å²) in [5.41, 5.74) is -0.355. The Morgan fingerprint density at radius 2 is 2.12 bits per heavy atom. The molecule has 4 rings (SSSR count). The molecule has 3 atom stereocenters. The Hall–Kier alpha value is -2.38. The van der Waals surface area contributed by atoms with E-state index in [1.165, 1.54) is 36.2 Å². The lowest BCUT2D eigenvalue weighted by Crippen LogP contribution is -2.21. The van der Waals surface area contributed by atoms with E-state index >= 15 is 0 Å². The summed E-state index contributed by atoms with van der Waals surface area (Å²) < 4.78 is 40.5. The first-order valence-corrected chi connectivity index (χ1v) is 8.76. The van der Waals surface area contributed by atoms with Crippen LogP contribution in [0.2, 0.25) is 0 Å². The van der Waals surface area contributed by atoms with Gasteiger partial charge in [-0.15, -0.1) is 0 Å². The number of carbonyl (C=O) groups is 1. The number of carbonyl (C=O) groups excluding carboxylic acids is 1. The predicted molar refractivity (Wildman–Crippen MR) is 88.5 cm³/mol. The normalized spacial score (nSPS) is 24.8. The second-order valence-electron chi connectivity index (χ2n) is 7.26. The van der Waals surface area contributed by atoms with E-state index in [9.17, 15) is 18.0 Å². The van der Waals surface area contributed by atoms with Crippen LogP contribution >= 0.6 is 0 Å². The van der Waals surface area contributed by atoms with Crippen molar-refractivity contribution in [2.75, 3.05) is 5.32 Å². The molecule has 138 valence electrons. The van der Waals surface area contributed by atoms with Gasteiger partial charge in [0.05, 0.1) is 16.9 Å². The number of halogens is 3. The standard InChI is InChI=1S/C18H19F3N4O/c19-18(20,21)14-3-4-16(25-10-22-9-23-25)15(8-14)24-17(26)7-13-6-11-1-2-12(13)5-11/h3-4,8-13H,1-2,5-7H2,(H,24,26)/t11-,12-,13+/m0/s1. The van der Waals surface area contributed by atoms with Crippen LogP contribution in [0.4, 0.5) is 18.9 Å². The number of benzene rings is 1. The molecule has 1 aromatic heterocycles. The summed E-state index contributed by atoms with van der Waals surface area (Å²) in [6, 6.07) is 3.23. The Kier molecular flexibility index (Phi) is 4.20. The highest BCUT2D eigenvalue weighted by atomic mass is 19.4. The number of rotatable bonds is 4. The molecule has 1 heterocycles. The van der Waals surface area contributed by atoms with E-state index in [-0.39, 0.29) is 11.6 Å². The summed E-state index contributed by atoms with van der Waals surface area (Å²) >= 11 is 0. The van der Waals surface area contributed by atoms with Crippen LogP contribution in [0.5, 0.6) is 0 Å². The van der Waals surface area contributed by atoms with Crippen LogP contribution in [-0.4, -0.2) is 20.7 Å². The van der Waals surface area contributed by atoms with Crippen LogP contribution in [0.3, 0.4) is 0 Å². The van der Waals surface area contributed by atoms with Gasteiger partial charge in [-0.05, 0) is 55.2 Å². The van der Waals surface area contributed by atoms with E-state index in [1.54, 1.807) is 0 Å². The van der Waals surface area contributed by atoms with Gasteiger partial charge in [0, 0.05) is 6.42 Å². The van der Waals surface area contributed by atoms with Gasteiger partial charge in [0.1, 0.15) is 12.7 Å². The fourth-order valence-corrected chi connectivity index (χ4v) is 4.41. The molecular weight excluding hydrogens is 345 g/mol. The van der Waals surface area contributed by atoms with Crippen LogP contribution in [0.15, 0.2) is 30.9 Å². The van der Waals surface area contributed by atoms with Crippen LogP contribution in [0.25, 0.3) is 5.69 Å². The van der Waals surface area contributed by atoms with Crippen molar-refractivity contribution in [3.05, 3.63) is 36.4 Å². The zero-order chi connectivity index (χ0) is 18.3. The van der Waals surface area contributed by atoms with E-state index in [2.05, 4.69) is 15.4 Å². The third kappa shape index (κ3) is 3.32. The maximum atomic E-state index is 13.1. The van der Waals surface area contributed by atoms with Crippen molar-refractivity contribution in [1.29, 1.82) is 0 Å². The lowest BCUT2D eigenvalue weighted by atomic mass is 9.86. The number of hydrogen-bond donors (Lipinski definition) is 1. The van der Waals surface area contributed by atoms with E-state index in [0.29, 0.717) is 23.9 Å². The van der Waals surface area contributed by atoms with Crippen LogP contribution in [-0.2, 0) is 11.0 Å². The molecule has 1 N–H and O–H groups in total. The molecule has 0 saturated heterocycles. The smallest absolute Gasteiger partial charge is 0.324 e. The summed E-state index contributed by atoms with van der Waals surface area (Å²) in [6.45, 7) is 0. The summed E-state index contributed by atoms with van der Waals surface area (Å²) in [7, 11) is 0. The van der Waals surface area contributed by atoms with Gasteiger partial charge in [-0.1, -0.05) is 6.42 Å². The Labute approximate surface area is 148 Å². The van der Waals surface area contributed by atoms with Gasteiger partial charge in [0.15, 0.2) is 0 Å². The number of anilines is 1. The van der Waals surface area contributed by atoms with Gasteiger partial charge < -0.3 is 5.32 Å². The fraction of sp³-hybridized carbons (Fsp3) is 0.500. The zero-order valence-electron chi connectivity index (χ0n) is 14.0. The predicted octanol–water partition coefficient (Wildman–Crippen LogP) is 4.05. The van der Waals surface area contributed by atoms with Crippen molar-refractivity contribution < 1.29 is 18.0 Å². The fourth-order valence-electron chi connectivity index (χ4n) is 4.41. The topological polar surface area (TPSA) is 59.8 Å². The lowest BCUT2D eigenvalue weighted by Gasteiger charge is -2.21. The molecule has 2 bridgehead atoms. The van der Waals surface area contributed by atoms with Crippen LogP contribution in [0.1, 0.15) is 37.7 Å². The monoisotopic (exact) mass is 364 g/mol. The van der Waals surface area contributed by atoms with Gasteiger partial charge in [-0.2, -0.15) is 18.3 Å². The number of aromatic nitrogens is 3. The third-order valence-electron chi connectivity index (χ3n) is 5.60. The van der Waals surface area contributed by atoms with Crippen LogP contribution < -0.4 is 5.32 Å². The van der Waals surface area contributed by atoms with Crippen LogP contribution in [0, 0.1) is 17.8 Å². The maximum absolute atomic E-state index is 13.1. The number of alkyl halides is 3. The van der Waals surface area contributed by atoms with Gasteiger partial charge >= 0.3 is 6.18 Å². The lowest BCUT2D eigenvalue weighted by molar-refractivity contribution is -0.137. The Morgan fingerprint density at radius 3 is 2.73 bits per heavy atom. The average Bonchev–Trinajstić information content (AvgIpc) is 3.32. The van der Waals surface area contributed by atoms with E-state index in [1.807, 2.05) is 0 Å². The summed E-state index contributed by atoms with van der Waals surface area (Å²) in [4.78, 5) is 16.3.